The molecular weight excluding hydrogens is 316 g/mol. The molecule has 5 nitrogen and oxygen atoms in total. The standard InChI is InChI=1S/C17H25ClN2O3/c1-20(16(21)17(22-2)8-10-19-11-9-17)12-3-13-23-15-6-4-14(18)5-7-15/h4-7,19H,3,8-13H2,1-2H3. The Morgan fingerprint density at radius 1 is 1.30 bits per heavy atom. The molecule has 0 radical (unpaired) electrons. The fourth-order valence-electron chi connectivity index (χ4n) is 2.81. The molecule has 0 bridgehead atoms. The fraction of sp³-hybridized carbons (Fsp3) is 0.588. The maximum Gasteiger partial charge on any atom is 0.254 e. The molecule has 1 fully saturated rings. The minimum absolute atomic E-state index is 0.0630. The third-order valence-electron chi connectivity index (χ3n) is 4.26. The summed E-state index contributed by atoms with van der Waals surface area (Å²) in [6.45, 7) is 2.83. The van der Waals surface area contributed by atoms with Crippen molar-refractivity contribution in [3.63, 3.8) is 0 Å². The number of piperidine rings is 1. The first-order chi connectivity index (χ1) is 11.1. The second-order valence-corrected chi connectivity index (χ2v) is 6.27. The quantitative estimate of drug-likeness (QED) is 0.774. The van der Waals surface area contributed by atoms with Gasteiger partial charge < -0.3 is 19.7 Å². The Kier molecular flexibility index (Phi) is 6.69. The van der Waals surface area contributed by atoms with Crippen molar-refractivity contribution in [1.82, 2.24) is 10.2 Å². The van der Waals surface area contributed by atoms with E-state index in [1.54, 1.807) is 24.1 Å². The van der Waals surface area contributed by atoms with Crippen molar-refractivity contribution in [2.75, 3.05) is 40.4 Å². The van der Waals surface area contributed by atoms with Gasteiger partial charge >= 0.3 is 0 Å². The summed E-state index contributed by atoms with van der Waals surface area (Å²) in [5.74, 6) is 0.850. The SMILES string of the molecule is COC1(C(=O)N(C)CCCOc2ccc(Cl)cc2)CCNCC1. The van der Waals surface area contributed by atoms with Crippen LogP contribution in [0.5, 0.6) is 5.75 Å². The molecule has 6 heteroatoms. The Balaban J connectivity index is 1.76. The number of hydrogen-bond donors (Lipinski definition) is 1. The molecule has 2 rings (SSSR count). The van der Waals surface area contributed by atoms with Gasteiger partial charge in [0.2, 0.25) is 0 Å². The van der Waals surface area contributed by atoms with Gasteiger partial charge in [0.15, 0.2) is 0 Å². The van der Waals surface area contributed by atoms with Crippen LogP contribution >= 0.6 is 11.6 Å². The van der Waals surface area contributed by atoms with Crippen molar-refractivity contribution in [3.05, 3.63) is 29.3 Å². The molecule has 1 N–H and O–H groups in total. The van der Waals surface area contributed by atoms with Crippen LogP contribution in [0.4, 0.5) is 0 Å². The van der Waals surface area contributed by atoms with E-state index in [1.165, 1.54) is 0 Å². The number of likely N-dealkylation sites (N-methyl/N-ethyl adjacent to an activating group) is 1. The second kappa shape index (κ2) is 8.52. The van der Waals surface area contributed by atoms with Gasteiger partial charge in [-0.25, -0.2) is 0 Å². The van der Waals surface area contributed by atoms with E-state index in [-0.39, 0.29) is 5.91 Å². The van der Waals surface area contributed by atoms with Crippen LogP contribution in [0.1, 0.15) is 19.3 Å². The molecule has 1 aromatic rings. The lowest BCUT2D eigenvalue weighted by Crippen LogP contribution is -2.54. The number of nitrogens with zero attached hydrogens (tertiary/aromatic N) is 1. The summed E-state index contributed by atoms with van der Waals surface area (Å²) in [4.78, 5) is 14.4. The van der Waals surface area contributed by atoms with E-state index in [4.69, 9.17) is 21.1 Å². The minimum Gasteiger partial charge on any atom is -0.494 e. The number of halogens is 1. The van der Waals surface area contributed by atoms with Gasteiger partial charge in [-0.1, -0.05) is 11.6 Å². The number of carbonyl (C=O) groups excluding carboxylic acids is 1. The van der Waals surface area contributed by atoms with E-state index >= 15 is 0 Å². The van der Waals surface area contributed by atoms with E-state index in [9.17, 15) is 4.79 Å². The number of nitrogens with one attached hydrogen (secondary N) is 1. The average molecular weight is 341 g/mol. The van der Waals surface area contributed by atoms with Crippen molar-refractivity contribution in [1.29, 1.82) is 0 Å². The summed E-state index contributed by atoms with van der Waals surface area (Å²) >= 11 is 5.83. The van der Waals surface area contributed by atoms with Crippen LogP contribution in [-0.4, -0.2) is 56.8 Å². The highest BCUT2D eigenvalue weighted by Crippen LogP contribution is 2.24. The van der Waals surface area contributed by atoms with Crippen LogP contribution in [0, 0.1) is 0 Å². The van der Waals surface area contributed by atoms with E-state index in [0.29, 0.717) is 31.0 Å². The third-order valence-corrected chi connectivity index (χ3v) is 4.51. The molecule has 1 saturated heterocycles. The Hall–Kier alpha value is -1.30. The zero-order valence-corrected chi connectivity index (χ0v) is 14.6. The molecule has 0 aromatic heterocycles. The van der Waals surface area contributed by atoms with E-state index in [1.807, 2.05) is 19.2 Å². The van der Waals surface area contributed by atoms with Gasteiger partial charge in [-0.3, -0.25) is 4.79 Å². The molecule has 0 saturated carbocycles. The van der Waals surface area contributed by atoms with Crippen molar-refractivity contribution in [2.24, 2.45) is 0 Å². The van der Waals surface area contributed by atoms with Crippen molar-refractivity contribution >= 4 is 17.5 Å². The highest BCUT2D eigenvalue weighted by atomic mass is 35.5. The Morgan fingerprint density at radius 3 is 2.57 bits per heavy atom. The predicted octanol–water partition coefficient (Wildman–Crippen LogP) is 2.34. The average Bonchev–Trinajstić information content (AvgIpc) is 2.60. The fourth-order valence-corrected chi connectivity index (χ4v) is 2.93. The molecule has 23 heavy (non-hydrogen) atoms. The van der Waals surface area contributed by atoms with Crippen LogP contribution in [0.15, 0.2) is 24.3 Å². The topological polar surface area (TPSA) is 50.8 Å². The highest BCUT2D eigenvalue weighted by molar-refractivity contribution is 6.30. The number of carbonyl (C=O) groups is 1. The van der Waals surface area contributed by atoms with Crippen LogP contribution in [-0.2, 0) is 9.53 Å². The normalized spacial score (nSPS) is 16.8. The van der Waals surface area contributed by atoms with Crippen molar-refractivity contribution < 1.29 is 14.3 Å². The molecule has 1 heterocycles. The zero-order valence-electron chi connectivity index (χ0n) is 13.8. The van der Waals surface area contributed by atoms with Crippen LogP contribution in [0.3, 0.4) is 0 Å². The molecule has 0 spiro atoms. The Morgan fingerprint density at radius 2 is 1.96 bits per heavy atom. The van der Waals surface area contributed by atoms with Gasteiger partial charge in [0.25, 0.3) is 5.91 Å². The first kappa shape index (κ1) is 18.0. The zero-order chi connectivity index (χ0) is 16.7. The maximum absolute atomic E-state index is 12.7. The Bertz CT molecular complexity index is 501. The summed E-state index contributed by atoms with van der Waals surface area (Å²) in [6, 6.07) is 7.27. The largest absolute Gasteiger partial charge is 0.494 e. The van der Waals surface area contributed by atoms with Crippen molar-refractivity contribution in [3.8, 4) is 5.75 Å². The number of methoxy groups -OCH3 is 1. The molecule has 0 atom stereocenters. The summed E-state index contributed by atoms with van der Waals surface area (Å²) in [5.41, 5.74) is -0.670. The van der Waals surface area contributed by atoms with Gasteiger partial charge in [-0.2, -0.15) is 0 Å². The summed E-state index contributed by atoms with van der Waals surface area (Å²) in [7, 11) is 3.45. The summed E-state index contributed by atoms with van der Waals surface area (Å²) in [6.07, 6.45) is 2.20. The number of benzene rings is 1. The number of ether oxygens (including phenoxy) is 2. The van der Waals surface area contributed by atoms with Gasteiger partial charge in [0.05, 0.1) is 6.61 Å². The lowest BCUT2D eigenvalue weighted by Gasteiger charge is -2.37. The van der Waals surface area contributed by atoms with E-state index in [2.05, 4.69) is 5.32 Å². The lowest BCUT2D eigenvalue weighted by atomic mass is 9.90. The molecule has 128 valence electrons. The Labute approximate surface area is 142 Å². The molecule has 1 amide bonds. The van der Waals surface area contributed by atoms with E-state index < -0.39 is 5.60 Å². The summed E-state index contributed by atoms with van der Waals surface area (Å²) in [5, 5.41) is 3.95. The summed E-state index contributed by atoms with van der Waals surface area (Å²) < 4.78 is 11.2. The van der Waals surface area contributed by atoms with E-state index in [0.717, 1.165) is 25.3 Å². The van der Waals surface area contributed by atoms with Gasteiger partial charge in [-0.05, 0) is 56.6 Å². The molecule has 1 aliphatic rings. The molecule has 1 aliphatic heterocycles. The van der Waals surface area contributed by atoms with Crippen molar-refractivity contribution in [2.45, 2.75) is 24.9 Å². The van der Waals surface area contributed by atoms with Gasteiger partial charge in [-0.15, -0.1) is 0 Å². The predicted molar refractivity (Wildman–Crippen MR) is 91.0 cm³/mol. The van der Waals surface area contributed by atoms with Gasteiger partial charge in [0, 0.05) is 25.7 Å². The lowest BCUT2D eigenvalue weighted by molar-refractivity contribution is -0.157. The highest BCUT2D eigenvalue weighted by Gasteiger charge is 2.41. The molecule has 1 aromatic carbocycles. The van der Waals surface area contributed by atoms with Crippen LogP contribution < -0.4 is 10.1 Å². The third kappa shape index (κ3) is 4.83. The number of hydrogen-bond acceptors (Lipinski definition) is 4. The second-order valence-electron chi connectivity index (χ2n) is 5.83. The number of rotatable bonds is 7. The molecular formula is C17H25ClN2O3. The number of amides is 1. The monoisotopic (exact) mass is 340 g/mol. The van der Waals surface area contributed by atoms with Gasteiger partial charge in [0.1, 0.15) is 11.4 Å². The smallest absolute Gasteiger partial charge is 0.254 e. The minimum atomic E-state index is -0.670. The molecule has 0 aliphatic carbocycles. The first-order valence-electron chi connectivity index (χ1n) is 7.97. The van der Waals surface area contributed by atoms with Crippen LogP contribution in [0.25, 0.3) is 0 Å². The van der Waals surface area contributed by atoms with Crippen LogP contribution in [0.2, 0.25) is 5.02 Å². The maximum atomic E-state index is 12.7. The molecule has 0 unspecified atom stereocenters. The first-order valence-corrected chi connectivity index (χ1v) is 8.35.